The van der Waals surface area contributed by atoms with Crippen LogP contribution in [0.1, 0.15) is 19.2 Å². The number of carbonyl (C=O) groups is 1. The topological polar surface area (TPSA) is 81.4 Å². The van der Waals surface area contributed by atoms with Crippen molar-refractivity contribution >= 4 is 5.91 Å². The van der Waals surface area contributed by atoms with Gasteiger partial charge in [0.25, 0.3) is 0 Å². The van der Waals surface area contributed by atoms with E-state index in [1.54, 1.807) is 12.4 Å². The lowest BCUT2D eigenvalue weighted by Crippen LogP contribution is -2.44. The van der Waals surface area contributed by atoms with E-state index in [2.05, 4.69) is 15.1 Å². The third kappa shape index (κ3) is 3.48. The van der Waals surface area contributed by atoms with Crippen molar-refractivity contribution in [2.45, 2.75) is 25.9 Å². The molecule has 1 unspecified atom stereocenters. The molecule has 7 heteroatoms. The minimum atomic E-state index is 0.0961. The van der Waals surface area contributed by atoms with Crippen LogP contribution in [0.2, 0.25) is 0 Å². The zero-order valence-electron chi connectivity index (χ0n) is 12.4. The maximum Gasteiger partial charge on any atom is 0.227 e. The van der Waals surface area contributed by atoms with Crippen LogP contribution in [0.15, 0.2) is 29.0 Å². The molecular weight excluding hydrogens is 284 g/mol. The molecule has 1 aliphatic heterocycles. The summed E-state index contributed by atoms with van der Waals surface area (Å²) in [6.45, 7) is 3.86. The number of morpholine rings is 1. The third-order valence-electron chi connectivity index (χ3n) is 3.55. The number of aryl methyl sites for hydroxylation is 1. The second-order valence-electron chi connectivity index (χ2n) is 5.27. The highest BCUT2D eigenvalue weighted by Gasteiger charge is 2.21. The van der Waals surface area contributed by atoms with E-state index >= 15 is 0 Å². The monoisotopic (exact) mass is 302 g/mol. The summed E-state index contributed by atoms with van der Waals surface area (Å²) in [5.74, 6) is 1.09. The van der Waals surface area contributed by atoms with Crippen LogP contribution in [-0.2, 0) is 16.0 Å². The Morgan fingerprint density at radius 1 is 1.41 bits per heavy atom. The van der Waals surface area contributed by atoms with E-state index in [1.165, 1.54) is 0 Å². The molecule has 1 fully saturated rings. The van der Waals surface area contributed by atoms with Crippen LogP contribution >= 0.6 is 0 Å². The number of carbonyl (C=O) groups excluding carboxylic acids is 1. The van der Waals surface area contributed by atoms with E-state index in [0.29, 0.717) is 44.3 Å². The third-order valence-corrected chi connectivity index (χ3v) is 3.55. The molecule has 1 atom stereocenters. The van der Waals surface area contributed by atoms with Crippen molar-refractivity contribution in [2.75, 3.05) is 19.7 Å². The predicted octanol–water partition coefficient (Wildman–Crippen LogP) is 1.31. The van der Waals surface area contributed by atoms with Crippen LogP contribution in [0, 0.1) is 0 Å². The predicted molar refractivity (Wildman–Crippen MR) is 77.8 cm³/mol. The van der Waals surface area contributed by atoms with E-state index in [0.717, 1.165) is 5.56 Å². The number of hydrogen-bond acceptors (Lipinski definition) is 6. The Kier molecular flexibility index (Phi) is 4.43. The molecule has 2 aromatic rings. The van der Waals surface area contributed by atoms with E-state index < -0.39 is 0 Å². The lowest BCUT2D eigenvalue weighted by Gasteiger charge is -2.31. The van der Waals surface area contributed by atoms with Crippen molar-refractivity contribution in [3.8, 4) is 11.4 Å². The summed E-state index contributed by atoms with van der Waals surface area (Å²) in [6.07, 6.45) is 4.26. The van der Waals surface area contributed by atoms with Gasteiger partial charge >= 0.3 is 0 Å². The van der Waals surface area contributed by atoms with Gasteiger partial charge in [-0.05, 0) is 19.1 Å². The van der Waals surface area contributed by atoms with Gasteiger partial charge in [0, 0.05) is 43.9 Å². The highest BCUT2D eigenvalue weighted by atomic mass is 16.5. The van der Waals surface area contributed by atoms with Crippen molar-refractivity contribution in [2.24, 2.45) is 0 Å². The summed E-state index contributed by atoms with van der Waals surface area (Å²) >= 11 is 0. The summed E-state index contributed by atoms with van der Waals surface area (Å²) in [5.41, 5.74) is 0.846. The van der Waals surface area contributed by atoms with Gasteiger partial charge in [0.1, 0.15) is 0 Å². The highest BCUT2D eigenvalue weighted by Crippen LogP contribution is 2.15. The number of aromatic nitrogens is 3. The Labute approximate surface area is 128 Å². The molecule has 0 aromatic carbocycles. The lowest BCUT2D eigenvalue weighted by molar-refractivity contribution is -0.138. The van der Waals surface area contributed by atoms with E-state index in [-0.39, 0.29) is 12.0 Å². The molecule has 1 amide bonds. The minimum Gasteiger partial charge on any atom is -0.375 e. The SMILES string of the molecule is CC1CN(C(=O)CCc2nc(-c3ccncc3)no2)CCO1. The largest absolute Gasteiger partial charge is 0.375 e. The molecular formula is C15H18N4O3. The number of hydrogen-bond donors (Lipinski definition) is 0. The maximum absolute atomic E-state index is 12.2. The van der Waals surface area contributed by atoms with Gasteiger partial charge in [-0.1, -0.05) is 5.16 Å². The number of nitrogens with zero attached hydrogens (tertiary/aromatic N) is 4. The van der Waals surface area contributed by atoms with Crippen LogP contribution in [0.25, 0.3) is 11.4 Å². The maximum atomic E-state index is 12.2. The summed E-state index contributed by atoms with van der Waals surface area (Å²) in [7, 11) is 0. The molecule has 3 heterocycles. The number of ether oxygens (including phenoxy) is 1. The fourth-order valence-corrected chi connectivity index (χ4v) is 2.39. The Morgan fingerprint density at radius 2 is 2.23 bits per heavy atom. The Balaban J connectivity index is 1.56. The fraction of sp³-hybridized carbons (Fsp3) is 0.467. The molecule has 7 nitrogen and oxygen atoms in total. The molecule has 2 aromatic heterocycles. The smallest absolute Gasteiger partial charge is 0.227 e. The summed E-state index contributed by atoms with van der Waals surface area (Å²) in [6, 6.07) is 3.63. The first-order chi connectivity index (χ1) is 10.7. The summed E-state index contributed by atoms with van der Waals surface area (Å²) in [4.78, 5) is 22.3. The van der Waals surface area contributed by atoms with Gasteiger partial charge < -0.3 is 14.2 Å². The van der Waals surface area contributed by atoms with Gasteiger partial charge in [0.15, 0.2) is 0 Å². The molecule has 116 valence electrons. The van der Waals surface area contributed by atoms with Gasteiger partial charge in [-0.2, -0.15) is 4.98 Å². The molecule has 0 radical (unpaired) electrons. The number of pyridine rings is 1. The molecule has 0 N–H and O–H groups in total. The van der Waals surface area contributed by atoms with Crippen LogP contribution in [0.5, 0.6) is 0 Å². The Hall–Kier alpha value is -2.28. The van der Waals surface area contributed by atoms with Gasteiger partial charge in [0.2, 0.25) is 17.6 Å². The molecule has 3 rings (SSSR count). The van der Waals surface area contributed by atoms with E-state index in [1.807, 2.05) is 24.0 Å². The first-order valence-electron chi connectivity index (χ1n) is 7.35. The Bertz CT molecular complexity index is 629. The van der Waals surface area contributed by atoms with Crippen LogP contribution in [0.3, 0.4) is 0 Å². The molecule has 0 aliphatic carbocycles. The second-order valence-corrected chi connectivity index (χ2v) is 5.27. The van der Waals surface area contributed by atoms with Crippen LogP contribution in [-0.4, -0.2) is 51.7 Å². The first-order valence-corrected chi connectivity index (χ1v) is 7.35. The lowest BCUT2D eigenvalue weighted by atomic mass is 10.2. The average molecular weight is 302 g/mol. The molecule has 1 saturated heterocycles. The van der Waals surface area contributed by atoms with Gasteiger partial charge in [0.05, 0.1) is 12.7 Å². The molecule has 1 aliphatic rings. The average Bonchev–Trinajstić information content (AvgIpc) is 3.02. The normalized spacial score (nSPS) is 18.4. The minimum absolute atomic E-state index is 0.0961. The van der Waals surface area contributed by atoms with Gasteiger partial charge in [-0.3, -0.25) is 9.78 Å². The van der Waals surface area contributed by atoms with E-state index in [4.69, 9.17) is 9.26 Å². The zero-order valence-corrected chi connectivity index (χ0v) is 12.4. The van der Waals surface area contributed by atoms with E-state index in [9.17, 15) is 4.79 Å². The molecule has 0 spiro atoms. The van der Waals surface area contributed by atoms with Gasteiger partial charge in [-0.15, -0.1) is 0 Å². The van der Waals surface area contributed by atoms with Gasteiger partial charge in [-0.25, -0.2) is 0 Å². The standard InChI is InChI=1S/C15H18N4O3/c1-11-10-19(8-9-21-11)14(20)3-2-13-17-15(18-22-13)12-4-6-16-7-5-12/h4-7,11H,2-3,8-10H2,1H3. The van der Waals surface area contributed by atoms with Crippen molar-refractivity contribution in [3.05, 3.63) is 30.4 Å². The van der Waals surface area contributed by atoms with Crippen LogP contribution < -0.4 is 0 Å². The number of rotatable bonds is 4. The summed E-state index contributed by atoms with van der Waals surface area (Å²) in [5, 5.41) is 3.93. The van der Waals surface area contributed by atoms with Crippen molar-refractivity contribution < 1.29 is 14.1 Å². The van der Waals surface area contributed by atoms with Crippen molar-refractivity contribution in [1.82, 2.24) is 20.0 Å². The van der Waals surface area contributed by atoms with Crippen molar-refractivity contribution in [3.63, 3.8) is 0 Å². The van der Waals surface area contributed by atoms with Crippen molar-refractivity contribution in [1.29, 1.82) is 0 Å². The quantitative estimate of drug-likeness (QED) is 0.847. The second kappa shape index (κ2) is 6.65. The Morgan fingerprint density at radius 3 is 3.00 bits per heavy atom. The first kappa shape index (κ1) is 14.6. The van der Waals surface area contributed by atoms with Crippen LogP contribution in [0.4, 0.5) is 0 Å². The number of amides is 1. The zero-order chi connectivity index (χ0) is 15.4. The highest BCUT2D eigenvalue weighted by molar-refractivity contribution is 5.76. The molecule has 0 saturated carbocycles. The molecule has 0 bridgehead atoms. The summed E-state index contributed by atoms with van der Waals surface area (Å²) < 4.78 is 10.6. The fourth-order valence-electron chi connectivity index (χ4n) is 2.39. The molecule has 22 heavy (non-hydrogen) atoms.